The third-order valence-electron chi connectivity index (χ3n) is 12.2. The predicted molar refractivity (Wildman–Crippen MR) is 265 cm³/mol. The Balaban J connectivity index is 1.15. The number of hydrogen-bond acceptors (Lipinski definition) is 2. The first-order valence-electron chi connectivity index (χ1n) is 24.5. The molecule has 0 atom stereocenters. The average molecular weight is 840 g/mol. The molecule has 0 aliphatic rings. The largest absolute Gasteiger partial charge is 0.458 e. The Morgan fingerprint density at radius 2 is 1.27 bits per heavy atom. The number of ether oxygens (including phenoxy) is 1. The Labute approximate surface area is 383 Å². The summed E-state index contributed by atoms with van der Waals surface area (Å²) in [5, 5.41) is 2.23. The zero-order valence-electron chi connectivity index (χ0n) is 42.6. The second-order valence-electron chi connectivity index (χ2n) is 19.0. The molecular weight excluding hydrogens is 781 g/mol. The van der Waals surface area contributed by atoms with E-state index in [1.165, 1.54) is 5.56 Å². The fourth-order valence-electron chi connectivity index (χ4n) is 8.67. The number of fused-ring (bicyclic) bond motifs is 4. The molecule has 10 aromatic rings. The van der Waals surface area contributed by atoms with Crippen LogP contribution in [0.2, 0.25) is 0 Å². The molecule has 0 fully saturated rings. The highest BCUT2D eigenvalue weighted by atomic mass is 16.5. The van der Waals surface area contributed by atoms with Crippen LogP contribution in [0.5, 0.6) is 11.5 Å². The van der Waals surface area contributed by atoms with Gasteiger partial charge in [0.05, 0.1) is 40.3 Å². The van der Waals surface area contributed by atoms with E-state index < -0.39 is 18.1 Å². The van der Waals surface area contributed by atoms with Gasteiger partial charge in [0.25, 0.3) is 6.33 Å². The molecule has 0 spiro atoms. The number of nitrogens with zero attached hydrogens (tertiary/aromatic N) is 4. The fourth-order valence-corrected chi connectivity index (χ4v) is 8.67. The molecule has 0 N–H and O–H groups in total. The number of hydrogen-bond donors (Lipinski definition) is 0. The van der Waals surface area contributed by atoms with Crippen molar-refractivity contribution in [3.63, 3.8) is 0 Å². The van der Waals surface area contributed by atoms with Gasteiger partial charge in [-0.05, 0) is 104 Å². The number of imidazole rings is 1. The summed E-state index contributed by atoms with van der Waals surface area (Å²) in [5.74, 6) is 2.50. The highest BCUT2D eigenvalue weighted by molar-refractivity contribution is 6.09. The van der Waals surface area contributed by atoms with Gasteiger partial charge >= 0.3 is 0 Å². The van der Waals surface area contributed by atoms with Crippen LogP contribution in [0.1, 0.15) is 84.9 Å². The van der Waals surface area contributed by atoms with E-state index in [0.717, 1.165) is 66.6 Å². The number of benzene rings is 7. The second-order valence-corrected chi connectivity index (χ2v) is 19.0. The van der Waals surface area contributed by atoms with E-state index in [1.807, 2.05) is 82.1 Å². The predicted octanol–water partition coefficient (Wildman–Crippen LogP) is 15.0. The molecule has 316 valence electrons. The Kier molecular flexibility index (Phi) is 8.72. The third kappa shape index (κ3) is 7.45. The molecule has 10 rings (SSSR count). The Morgan fingerprint density at radius 1 is 0.609 bits per heavy atom. The van der Waals surface area contributed by atoms with Gasteiger partial charge in [0.2, 0.25) is 0 Å². The van der Waals surface area contributed by atoms with E-state index in [4.69, 9.17) is 13.8 Å². The monoisotopic (exact) mass is 839 g/mol. The van der Waals surface area contributed by atoms with E-state index in [0.29, 0.717) is 28.7 Å². The molecule has 0 radical (unpaired) electrons. The molecule has 7 aromatic carbocycles. The standard InChI is InChI=1S/C59H54N4O/c1-39(2)41-30-31-60-56(34-41)63-52-25-13-12-22-50(52)51-29-28-47(37-55(51)63)64-46-21-16-20-45(36-46)61-38-62(54-27-15-14-26-53(54)61)57-48(40-18-10-9-11-19-40)23-17-24-49(57)42-32-43(58(3,4)5)35-44(33-42)59(6,7)8/h9-37,39H,1-8H3/i9D,10D,11D,18D,19D. The lowest BCUT2D eigenvalue weighted by molar-refractivity contribution is -0.571. The molecule has 5 heteroatoms. The summed E-state index contributed by atoms with van der Waals surface area (Å²) in [4.78, 5) is 4.83. The van der Waals surface area contributed by atoms with E-state index in [-0.39, 0.29) is 28.5 Å². The molecular formula is C59H54N4O. The van der Waals surface area contributed by atoms with E-state index >= 15 is 0 Å². The molecule has 64 heavy (non-hydrogen) atoms. The minimum absolute atomic E-state index is 0.119. The van der Waals surface area contributed by atoms with Gasteiger partial charge in [-0.1, -0.05) is 171 Å². The van der Waals surface area contributed by atoms with E-state index in [9.17, 15) is 2.74 Å². The first-order valence-corrected chi connectivity index (χ1v) is 22.0. The molecule has 0 saturated carbocycles. The number of para-hydroxylation sites is 4. The van der Waals surface area contributed by atoms with Crippen LogP contribution in [0, 0.1) is 6.33 Å². The topological polar surface area (TPSA) is 35.9 Å². The van der Waals surface area contributed by atoms with Crippen molar-refractivity contribution < 1.29 is 16.2 Å². The maximum Gasteiger partial charge on any atom is 0.269 e. The van der Waals surface area contributed by atoms with Crippen LogP contribution in [0.3, 0.4) is 0 Å². The lowest BCUT2D eigenvalue weighted by Crippen LogP contribution is -2.31. The summed E-state index contributed by atoms with van der Waals surface area (Å²) in [7, 11) is 0. The number of aromatic nitrogens is 4. The van der Waals surface area contributed by atoms with Gasteiger partial charge in [0, 0.05) is 23.0 Å². The van der Waals surface area contributed by atoms with E-state index in [1.54, 1.807) is 0 Å². The van der Waals surface area contributed by atoms with Crippen molar-refractivity contribution in [2.24, 2.45) is 0 Å². The van der Waals surface area contributed by atoms with Crippen LogP contribution in [0.15, 0.2) is 176 Å². The van der Waals surface area contributed by atoms with Gasteiger partial charge in [-0.3, -0.25) is 13.7 Å². The summed E-state index contributed by atoms with van der Waals surface area (Å²) in [6, 6.07) is 45.5. The maximum absolute atomic E-state index is 9.19. The van der Waals surface area contributed by atoms with Crippen molar-refractivity contribution in [2.75, 3.05) is 0 Å². The first kappa shape index (κ1) is 35.2. The Hall–Kier alpha value is -7.24. The quantitative estimate of drug-likeness (QED) is 0.113. The SMILES string of the molecule is [2H]c1c([2H])c([2H])c(-c2cccc(-c3cc(C(C)(C)C)cc(C(C)(C)C)c3)c2-[n+]2[c-]n(-c3cccc(Oc4ccc5c6ccccc6n(-c6cc(C(C)C)ccn6)c5c4)c3)c3ccccc32)c([2H])c1[2H]. The van der Waals surface area contributed by atoms with Crippen LogP contribution in [-0.2, 0) is 10.8 Å². The summed E-state index contributed by atoms with van der Waals surface area (Å²) in [5.41, 5.74) is 10.7. The van der Waals surface area contributed by atoms with Crippen LogP contribution in [0.4, 0.5) is 0 Å². The smallest absolute Gasteiger partial charge is 0.269 e. The van der Waals surface area contributed by atoms with Crippen LogP contribution >= 0.6 is 0 Å². The lowest BCUT2D eigenvalue weighted by atomic mass is 9.78. The second kappa shape index (κ2) is 15.8. The van der Waals surface area contributed by atoms with Crippen molar-refractivity contribution in [3.05, 3.63) is 199 Å². The molecule has 0 aliphatic heterocycles. The molecule has 0 amide bonds. The average Bonchev–Trinajstić information content (AvgIpc) is 3.88. The minimum Gasteiger partial charge on any atom is -0.458 e. The van der Waals surface area contributed by atoms with Crippen molar-refractivity contribution in [1.29, 1.82) is 0 Å². The molecule has 0 bridgehead atoms. The van der Waals surface area contributed by atoms with Gasteiger partial charge < -0.3 is 4.74 Å². The maximum atomic E-state index is 9.19. The molecule has 0 saturated heterocycles. The van der Waals surface area contributed by atoms with Gasteiger partial charge in [0.1, 0.15) is 17.3 Å². The van der Waals surface area contributed by atoms with Gasteiger partial charge in [-0.2, -0.15) is 0 Å². The molecule has 3 heterocycles. The van der Waals surface area contributed by atoms with Gasteiger partial charge in [0.15, 0.2) is 0 Å². The fraction of sp³-hybridized carbons (Fsp3) is 0.186. The van der Waals surface area contributed by atoms with Crippen LogP contribution in [-0.4, -0.2) is 14.1 Å². The summed E-state index contributed by atoms with van der Waals surface area (Å²) < 4.78 is 57.2. The van der Waals surface area contributed by atoms with Crippen LogP contribution < -0.4 is 9.30 Å². The summed E-state index contributed by atoms with van der Waals surface area (Å²) >= 11 is 0. The highest BCUT2D eigenvalue weighted by Crippen LogP contribution is 2.40. The number of pyridine rings is 1. The van der Waals surface area contributed by atoms with Crippen molar-refractivity contribution >= 4 is 32.8 Å². The molecule has 0 aliphatic carbocycles. The van der Waals surface area contributed by atoms with Crippen molar-refractivity contribution in [3.8, 4) is 50.9 Å². The molecule has 3 aromatic heterocycles. The van der Waals surface area contributed by atoms with Crippen molar-refractivity contribution in [1.82, 2.24) is 14.1 Å². The normalized spacial score (nSPS) is 13.3. The number of rotatable bonds is 8. The lowest BCUT2D eigenvalue weighted by Gasteiger charge is -2.27. The van der Waals surface area contributed by atoms with Crippen LogP contribution in [0.25, 0.3) is 72.3 Å². The Bertz CT molecular complexity index is 3600. The van der Waals surface area contributed by atoms with Gasteiger partial charge in [-0.25, -0.2) is 4.98 Å². The first-order chi connectivity index (χ1) is 32.9. The van der Waals surface area contributed by atoms with Gasteiger partial charge in [-0.15, -0.1) is 0 Å². The highest BCUT2D eigenvalue weighted by Gasteiger charge is 2.25. The molecule has 0 unspecified atom stereocenters. The minimum atomic E-state index is -0.437. The Morgan fingerprint density at radius 3 is 2.00 bits per heavy atom. The summed E-state index contributed by atoms with van der Waals surface area (Å²) in [6.07, 6.45) is 5.57. The third-order valence-corrected chi connectivity index (χ3v) is 12.2. The molecule has 5 nitrogen and oxygen atoms in total. The zero-order valence-corrected chi connectivity index (χ0v) is 37.6. The van der Waals surface area contributed by atoms with Crippen molar-refractivity contribution in [2.45, 2.75) is 72.1 Å². The van der Waals surface area contributed by atoms with E-state index in [2.05, 4.69) is 139 Å². The summed E-state index contributed by atoms with van der Waals surface area (Å²) in [6.45, 7) is 17.6. The zero-order chi connectivity index (χ0) is 48.7.